The molecule has 4 rings (SSSR count). The zero-order chi connectivity index (χ0) is 31.6. The third-order valence-electron chi connectivity index (χ3n) is 6.77. The van der Waals surface area contributed by atoms with Gasteiger partial charge in [-0.1, -0.05) is 106 Å². The molecule has 0 aliphatic rings. The van der Waals surface area contributed by atoms with E-state index in [-0.39, 0.29) is 0 Å². The predicted molar refractivity (Wildman–Crippen MR) is 193 cm³/mol. The highest BCUT2D eigenvalue weighted by molar-refractivity contribution is 6.83. The molecule has 4 aromatic rings. The maximum absolute atomic E-state index is 5.33. The number of terminal acetylenes is 1. The van der Waals surface area contributed by atoms with E-state index in [2.05, 4.69) is 147 Å². The van der Waals surface area contributed by atoms with E-state index in [9.17, 15) is 0 Å². The van der Waals surface area contributed by atoms with Gasteiger partial charge in [0.25, 0.3) is 0 Å². The van der Waals surface area contributed by atoms with Gasteiger partial charge in [0.1, 0.15) is 8.07 Å². The molecule has 0 heterocycles. The van der Waals surface area contributed by atoms with Crippen LogP contribution >= 0.6 is 0 Å². The van der Waals surface area contributed by atoms with E-state index >= 15 is 0 Å². The third-order valence-corrected chi connectivity index (χ3v) is 7.64. The number of benzene rings is 4. The lowest BCUT2D eigenvalue weighted by atomic mass is 10.1. The molecule has 0 saturated carbocycles. The fourth-order valence-electron chi connectivity index (χ4n) is 4.11. The van der Waals surface area contributed by atoms with Gasteiger partial charge in [-0.2, -0.15) is 0 Å². The zero-order valence-electron chi connectivity index (χ0n) is 27.1. The SMILES string of the molecule is C#Cc1ccc(C#Cc2ccc(CCCC)cc2)cc1.CCCCc1ccc(C#Cc2ccc(C#C[Si](C)(C)C)cc2)cc1. The lowest BCUT2D eigenvalue weighted by molar-refractivity contribution is 0.795. The molecule has 0 fully saturated rings. The summed E-state index contributed by atoms with van der Waals surface area (Å²) in [5.41, 5.74) is 12.3. The van der Waals surface area contributed by atoms with Crippen molar-refractivity contribution in [3.63, 3.8) is 0 Å². The summed E-state index contributed by atoms with van der Waals surface area (Å²) in [5.74, 6) is 18.7. The van der Waals surface area contributed by atoms with E-state index in [1.165, 1.54) is 36.8 Å². The van der Waals surface area contributed by atoms with Crippen LogP contribution in [-0.4, -0.2) is 8.07 Å². The van der Waals surface area contributed by atoms with Crippen molar-refractivity contribution in [1.82, 2.24) is 0 Å². The van der Waals surface area contributed by atoms with Crippen LogP contribution in [0.25, 0.3) is 0 Å². The summed E-state index contributed by atoms with van der Waals surface area (Å²) in [6.45, 7) is 11.2. The second-order valence-corrected chi connectivity index (χ2v) is 16.6. The molecule has 0 spiro atoms. The smallest absolute Gasteiger partial charge is 0.127 e. The van der Waals surface area contributed by atoms with Crippen LogP contribution in [0.3, 0.4) is 0 Å². The highest BCUT2D eigenvalue weighted by Gasteiger charge is 2.07. The molecule has 0 radical (unpaired) electrons. The van der Waals surface area contributed by atoms with E-state index in [1.54, 1.807) is 0 Å². The average Bonchev–Trinajstić information content (AvgIpc) is 3.05. The Kier molecular flexibility index (Phi) is 13.9. The Morgan fingerprint density at radius 3 is 1.05 bits per heavy atom. The quantitative estimate of drug-likeness (QED) is 0.155. The normalized spacial score (nSPS) is 9.91. The van der Waals surface area contributed by atoms with E-state index < -0.39 is 8.07 Å². The van der Waals surface area contributed by atoms with Gasteiger partial charge in [0.2, 0.25) is 0 Å². The third kappa shape index (κ3) is 13.1. The van der Waals surface area contributed by atoms with Gasteiger partial charge in [-0.25, -0.2) is 0 Å². The summed E-state index contributed by atoms with van der Waals surface area (Å²) in [7, 11) is -1.32. The van der Waals surface area contributed by atoms with Gasteiger partial charge in [0.05, 0.1) is 0 Å². The van der Waals surface area contributed by atoms with Crippen LogP contribution in [0.5, 0.6) is 0 Å². The molecule has 0 N–H and O–H groups in total. The molecule has 0 atom stereocenters. The molecule has 0 nitrogen and oxygen atoms in total. The largest absolute Gasteiger partial charge is 0.129 e. The lowest BCUT2D eigenvalue weighted by Gasteiger charge is -2.03. The number of hydrogen-bond acceptors (Lipinski definition) is 0. The molecule has 0 unspecified atom stereocenters. The highest BCUT2D eigenvalue weighted by atomic mass is 28.3. The Labute approximate surface area is 268 Å². The second kappa shape index (κ2) is 18.1. The van der Waals surface area contributed by atoms with Gasteiger partial charge in [-0.05, 0) is 110 Å². The minimum absolute atomic E-state index is 0.885. The van der Waals surface area contributed by atoms with E-state index in [4.69, 9.17) is 6.42 Å². The fourth-order valence-corrected chi connectivity index (χ4v) is 4.63. The van der Waals surface area contributed by atoms with Crippen molar-refractivity contribution in [2.45, 2.75) is 72.0 Å². The summed E-state index contributed by atoms with van der Waals surface area (Å²) in [5, 5.41) is 0. The number of hydrogen-bond donors (Lipinski definition) is 0. The monoisotopic (exact) mass is 588 g/mol. The van der Waals surface area contributed by atoms with Crippen molar-refractivity contribution in [2.75, 3.05) is 0 Å². The summed E-state index contributed by atoms with van der Waals surface area (Å²) >= 11 is 0. The van der Waals surface area contributed by atoms with Crippen LogP contribution in [0.1, 0.15) is 84.0 Å². The van der Waals surface area contributed by atoms with Gasteiger partial charge in [-0.15, -0.1) is 12.0 Å². The minimum Gasteiger partial charge on any atom is -0.127 e. The summed E-state index contributed by atoms with van der Waals surface area (Å²) in [6.07, 6.45) is 12.6. The zero-order valence-corrected chi connectivity index (χ0v) is 28.1. The highest BCUT2D eigenvalue weighted by Crippen LogP contribution is 2.10. The molecule has 1 heteroatoms. The Morgan fingerprint density at radius 2 is 0.750 bits per heavy atom. The predicted octanol–water partition coefficient (Wildman–Crippen LogP) is 10.1. The molecule has 4 aromatic carbocycles. The number of rotatable bonds is 6. The van der Waals surface area contributed by atoms with Crippen molar-refractivity contribution in [1.29, 1.82) is 0 Å². The molecule has 220 valence electrons. The van der Waals surface area contributed by atoms with Gasteiger partial charge >= 0.3 is 0 Å². The maximum Gasteiger partial charge on any atom is 0.129 e. The van der Waals surface area contributed by atoms with Gasteiger partial charge in [0.15, 0.2) is 0 Å². The van der Waals surface area contributed by atoms with Gasteiger partial charge in [0, 0.05) is 33.4 Å². The van der Waals surface area contributed by atoms with Crippen molar-refractivity contribution in [3.8, 4) is 47.5 Å². The minimum atomic E-state index is -1.32. The molecule has 0 aromatic heterocycles. The van der Waals surface area contributed by atoms with Crippen LogP contribution in [-0.2, 0) is 12.8 Å². The van der Waals surface area contributed by atoms with Crippen LogP contribution < -0.4 is 0 Å². The first-order valence-electron chi connectivity index (χ1n) is 15.7. The molecule has 0 aliphatic carbocycles. The molecule has 0 bridgehead atoms. The van der Waals surface area contributed by atoms with Crippen LogP contribution in [0, 0.1) is 47.5 Å². The van der Waals surface area contributed by atoms with Crippen molar-refractivity contribution in [2.24, 2.45) is 0 Å². The second-order valence-electron chi connectivity index (χ2n) is 11.9. The van der Waals surface area contributed by atoms with E-state index in [0.717, 1.165) is 46.2 Å². The number of aryl methyl sites for hydroxylation is 2. The molecule has 44 heavy (non-hydrogen) atoms. The molecule has 0 aliphatic heterocycles. The number of unbranched alkanes of at least 4 members (excludes halogenated alkanes) is 2. The summed E-state index contributed by atoms with van der Waals surface area (Å²) in [4.78, 5) is 0. The van der Waals surface area contributed by atoms with Crippen molar-refractivity contribution in [3.05, 3.63) is 142 Å². The Hall–Kier alpha value is -4.66. The van der Waals surface area contributed by atoms with Gasteiger partial charge < -0.3 is 0 Å². The van der Waals surface area contributed by atoms with E-state index in [1.807, 2.05) is 24.3 Å². The van der Waals surface area contributed by atoms with Crippen molar-refractivity contribution < 1.29 is 0 Å². The van der Waals surface area contributed by atoms with Crippen LogP contribution in [0.4, 0.5) is 0 Å². The summed E-state index contributed by atoms with van der Waals surface area (Å²) < 4.78 is 0. The Balaban J connectivity index is 0.000000244. The van der Waals surface area contributed by atoms with Crippen molar-refractivity contribution >= 4 is 8.07 Å². The first-order chi connectivity index (χ1) is 21.3. The summed E-state index contributed by atoms with van der Waals surface area (Å²) in [6, 6.07) is 33.1. The standard InChI is InChI=1S/C23H26Si.C20H18/c1-5-6-7-20-8-10-21(11-9-20)12-13-22-14-16-23(17-15-22)18-19-24(2,3)4;1-3-5-6-18-11-13-20(14-12-18)16-15-19-9-7-17(4-2)8-10-19/h8-11,14-17H,5-7H2,1-4H3;2,7-14H,3,5-6H2,1H3. The van der Waals surface area contributed by atoms with Crippen LogP contribution in [0.2, 0.25) is 19.6 Å². The van der Waals surface area contributed by atoms with E-state index in [0.29, 0.717) is 0 Å². The first-order valence-corrected chi connectivity index (χ1v) is 19.2. The average molecular weight is 589 g/mol. The first kappa shape index (κ1) is 33.8. The van der Waals surface area contributed by atoms with Crippen LogP contribution in [0.15, 0.2) is 97.1 Å². The molecule has 0 saturated heterocycles. The maximum atomic E-state index is 5.33. The lowest BCUT2D eigenvalue weighted by Crippen LogP contribution is -2.16. The molecular formula is C43H44Si. The Bertz CT molecular complexity index is 1670. The molecular weight excluding hydrogens is 545 g/mol. The van der Waals surface area contributed by atoms with Gasteiger partial charge in [-0.3, -0.25) is 0 Å². The molecule has 0 amide bonds. The fraction of sp³-hybridized carbons (Fsp3) is 0.256. The topological polar surface area (TPSA) is 0 Å². The Morgan fingerprint density at radius 1 is 0.455 bits per heavy atom.